The highest BCUT2D eigenvalue weighted by Gasteiger charge is 2.35. The quantitative estimate of drug-likeness (QED) is 0.921. The van der Waals surface area contributed by atoms with Gasteiger partial charge in [-0.1, -0.05) is 27.7 Å². The summed E-state index contributed by atoms with van der Waals surface area (Å²) in [5, 5.41) is 0. The second-order valence-electron chi connectivity index (χ2n) is 6.97. The van der Waals surface area contributed by atoms with Gasteiger partial charge < -0.3 is 15.2 Å². The standard InChI is InChI=1S/C17H27N3O2/c1-10(2)13-8-20(9-14(13)18)17(22)12-6-7-15(11(3)4)19(5)16(12)21/h6-7,10-11,13-14H,8-9,18H2,1-5H3/t13-,14+/m1/s1. The van der Waals surface area contributed by atoms with Gasteiger partial charge in [-0.3, -0.25) is 9.59 Å². The van der Waals surface area contributed by atoms with Gasteiger partial charge in [-0.2, -0.15) is 0 Å². The van der Waals surface area contributed by atoms with E-state index in [4.69, 9.17) is 5.73 Å². The molecule has 22 heavy (non-hydrogen) atoms. The Bertz CT molecular complexity index is 619. The van der Waals surface area contributed by atoms with Crippen molar-refractivity contribution in [1.29, 1.82) is 0 Å². The lowest BCUT2D eigenvalue weighted by Gasteiger charge is -2.19. The predicted molar refractivity (Wildman–Crippen MR) is 88.0 cm³/mol. The zero-order chi connectivity index (χ0) is 16.6. The number of carbonyl (C=O) groups excluding carboxylic acids is 1. The molecule has 2 atom stereocenters. The Balaban J connectivity index is 2.28. The molecule has 5 heteroatoms. The molecule has 2 heterocycles. The van der Waals surface area contributed by atoms with Crippen LogP contribution < -0.4 is 11.3 Å². The molecular weight excluding hydrogens is 278 g/mol. The fourth-order valence-electron chi connectivity index (χ4n) is 3.29. The van der Waals surface area contributed by atoms with Crippen LogP contribution >= 0.6 is 0 Å². The van der Waals surface area contributed by atoms with E-state index in [2.05, 4.69) is 13.8 Å². The first-order valence-electron chi connectivity index (χ1n) is 7.98. The number of amides is 1. The van der Waals surface area contributed by atoms with Gasteiger partial charge in [-0.25, -0.2) is 0 Å². The number of likely N-dealkylation sites (tertiary alicyclic amines) is 1. The summed E-state index contributed by atoms with van der Waals surface area (Å²) in [5.74, 6) is 0.767. The maximum absolute atomic E-state index is 12.7. The second kappa shape index (κ2) is 6.24. The van der Waals surface area contributed by atoms with E-state index >= 15 is 0 Å². The summed E-state index contributed by atoms with van der Waals surface area (Å²) in [6.07, 6.45) is 0. The first-order valence-corrected chi connectivity index (χ1v) is 7.98. The number of aromatic nitrogens is 1. The van der Waals surface area contributed by atoms with Crippen LogP contribution in [0.4, 0.5) is 0 Å². The molecule has 0 saturated carbocycles. The minimum absolute atomic E-state index is 0.0114. The van der Waals surface area contributed by atoms with Gasteiger partial charge in [0.2, 0.25) is 0 Å². The van der Waals surface area contributed by atoms with E-state index < -0.39 is 0 Å². The molecule has 5 nitrogen and oxygen atoms in total. The molecule has 1 aromatic heterocycles. The lowest BCUT2D eigenvalue weighted by molar-refractivity contribution is 0.0781. The van der Waals surface area contributed by atoms with Crippen molar-refractivity contribution >= 4 is 5.91 Å². The topological polar surface area (TPSA) is 68.3 Å². The van der Waals surface area contributed by atoms with Crippen molar-refractivity contribution in [3.05, 3.63) is 33.7 Å². The summed E-state index contributed by atoms with van der Waals surface area (Å²) < 4.78 is 1.58. The summed E-state index contributed by atoms with van der Waals surface area (Å²) in [5.41, 5.74) is 7.09. The van der Waals surface area contributed by atoms with Gasteiger partial charge in [0.1, 0.15) is 5.56 Å². The molecule has 0 aliphatic carbocycles. The van der Waals surface area contributed by atoms with Crippen molar-refractivity contribution in [3.63, 3.8) is 0 Å². The SMILES string of the molecule is CC(C)c1ccc(C(=O)N2C[C@H](C(C)C)[C@@H](N)C2)c(=O)n1C. The number of carbonyl (C=O) groups is 1. The Kier molecular flexibility index (Phi) is 4.75. The van der Waals surface area contributed by atoms with Crippen molar-refractivity contribution in [3.8, 4) is 0 Å². The average molecular weight is 305 g/mol. The van der Waals surface area contributed by atoms with Crippen molar-refractivity contribution in [2.45, 2.75) is 39.7 Å². The van der Waals surface area contributed by atoms with E-state index in [1.165, 1.54) is 0 Å². The van der Waals surface area contributed by atoms with Gasteiger partial charge in [0.15, 0.2) is 0 Å². The van der Waals surface area contributed by atoms with Gasteiger partial charge in [0, 0.05) is 31.9 Å². The molecule has 0 bridgehead atoms. The predicted octanol–water partition coefficient (Wildman–Crippen LogP) is 1.56. The third kappa shape index (κ3) is 2.95. The molecule has 1 amide bonds. The Morgan fingerprint density at radius 1 is 1.23 bits per heavy atom. The van der Waals surface area contributed by atoms with E-state index in [9.17, 15) is 9.59 Å². The fraction of sp³-hybridized carbons (Fsp3) is 0.647. The van der Waals surface area contributed by atoms with Crippen molar-refractivity contribution in [2.24, 2.45) is 24.6 Å². The van der Waals surface area contributed by atoms with Crippen LogP contribution in [0, 0.1) is 11.8 Å². The molecule has 2 N–H and O–H groups in total. The molecule has 1 aliphatic rings. The molecule has 1 fully saturated rings. The maximum atomic E-state index is 12.7. The summed E-state index contributed by atoms with van der Waals surface area (Å²) >= 11 is 0. The van der Waals surface area contributed by atoms with E-state index in [0.29, 0.717) is 24.9 Å². The van der Waals surface area contributed by atoms with E-state index in [-0.39, 0.29) is 29.0 Å². The number of pyridine rings is 1. The molecule has 0 unspecified atom stereocenters. The van der Waals surface area contributed by atoms with Crippen molar-refractivity contribution in [1.82, 2.24) is 9.47 Å². The smallest absolute Gasteiger partial charge is 0.263 e. The highest BCUT2D eigenvalue weighted by molar-refractivity contribution is 5.94. The molecule has 2 rings (SSSR count). The van der Waals surface area contributed by atoms with E-state index in [1.807, 2.05) is 19.9 Å². The zero-order valence-corrected chi connectivity index (χ0v) is 14.2. The van der Waals surface area contributed by atoms with Crippen LogP contribution in [-0.4, -0.2) is 34.5 Å². The first-order chi connectivity index (χ1) is 10.2. The summed E-state index contributed by atoms with van der Waals surface area (Å²) in [6.45, 7) is 9.46. The molecule has 1 aromatic rings. The lowest BCUT2D eigenvalue weighted by atomic mass is 9.92. The number of hydrogen-bond acceptors (Lipinski definition) is 3. The van der Waals surface area contributed by atoms with E-state index in [1.54, 1.807) is 22.6 Å². The summed E-state index contributed by atoms with van der Waals surface area (Å²) in [7, 11) is 1.72. The Hall–Kier alpha value is -1.62. The lowest BCUT2D eigenvalue weighted by Crippen LogP contribution is -2.37. The maximum Gasteiger partial charge on any atom is 0.263 e. The number of hydrogen-bond donors (Lipinski definition) is 1. The van der Waals surface area contributed by atoms with Crippen LogP contribution in [0.25, 0.3) is 0 Å². The van der Waals surface area contributed by atoms with Gasteiger partial charge in [0.25, 0.3) is 11.5 Å². The normalized spacial score (nSPS) is 21.9. The van der Waals surface area contributed by atoms with Crippen LogP contribution in [0.5, 0.6) is 0 Å². The summed E-state index contributed by atoms with van der Waals surface area (Å²) in [6, 6.07) is 3.52. The van der Waals surface area contributed by atoms with Crippen LogP contribution in [0.2, 0.25) is 0 Å². The Morgan fingerprint density at radius 3 is 2.36 bits per heavy atom. The highest BCUT2D eigenvalue weighted by Crippen LogP contribution is 2.24. The van der Waals surface area contributed by atoms with Crippen LogP contribution in [0.1, 0.15) is 49.7 Å². The third-order valence-electron chi connectivity index (χ3n) is 4.72. The minimum atomic E-state index is -0.224. The van der Waals surface area contributed by atoms with Gasteiger partial charge in [0.05, 0.1) is 0 Å². The van der Waals surface area contributed by atoms with Crippen molar-refractivity contribution in [2.75, 3.05) is 13.1 Å². The molecule has 1 saturated heterocycles. The average Bonchev–Trinajstić information content (AvgIpc) is 2.83. The summed E-state index contributed by atoms with van der Waals surface area (Å²) in [4.78, 5) is 26.9. The van der Waals surface area contributed by atoms with Gasteiger partial charge in [-0.15, -0.1) is 0 Å². The van der Waals surface area contributed by atoms with Crippen LogP contribution in [-0.2, 0) is 7.05 Å². The molecule has 0 aromatic carbocycles. The number of nitrogens with two attached hydrogens (primary N) is 1. The van der Waals surface area contributed by atoms with Crippen LogP contribution in [0.15, 0.2) is 16.9 Å². The molecule has 1 aliphatic heterocycles. The van der Waals surface area contributed by atoms with E-state index in [0.717, 1.165) is 5.69 Å². The zero-order valence-electron chi connectivity index (χ0n) is 14.2. The Morgan fingerprint density at radius 2 is 1.86 bits per heavy atom. The van der Waals surface area contributed by atoms with Gasteiger partial charge in [-0.05, 0) is 29.9 Å². The largest absolute Gasteiger partial charge is 0.337 e. The third-order valence-corrected chi connectivity index (χ3v) is 4.72. The Labute approximate surface area is 132 Å². The van der Waals surface area contributed by atoms with Crippen LogP contribution in [0.3, 0.4) is 0 Å². The number of nitrogens with zero attached hydrogens (tertiary/aromatic N) is 2. The fourth-order valence-corrected chi connectivity index (χ4v) is 3.29. The molecule has 122 valence electrons. The first kappa shape index (κ1) is 16.7. The minimum Gasteiger partial charge on any atom is -0.337 e. The monoisotopic (exact) mass is 305 g/mol. The highest BCUT2D eigenvalue weighted by atomic mass is 16.2. The van der Waals surface area contributed by atoms with Crippen molar-refractivity contribution < 1.29 is 4.79 Å². The molecule has 0 radical (unpaired) electrons. The van der Waals surface area contributed by atoms with Gasteiger partial charge >= 0.3 is 0 Å². The number of rotatable bonds is 3. The molecule has 0 spiro atoms. The second-order valence-corrected chi connectivity index (χ2v) is 6.97. The molecular formula is C17H27N3O2.